The summed E-state index contributed by atoms with van der Waals surface area (Å²) in [6, 6.07) is 8.63. The highest BCUT2D eigenvalue weighted by atomic mass is 16.5. The minimum atomic E-state index is -0.0564. The van der Waals surface area contributed by atoms with Crippen LogP contribution in [0.1, 0.15) is 38.2 Å². The van der Waals surface area contributed by atoms with Crippen LogP contribution in [0.3, 0.4) is 0 Å². The Bertz CT molecular complexity index is 549. The Kier molecular flexibility index (Phi) is 2.90. The van der Waals surface area contributed by atoms with Crippen LogP contribution >= 0.6 is 0 Å². The van der Waals surface area contributed by atoms with Gasteiger partial charge in [-0.05, 0) is 31.7 Å². The van der Waals surface area contributed by atoms with Gasteiger partial charge in [0.25, 0.3) is 0 Å². The van der Waals surface area contributed by atoms with Crippen LogP contribution in [-0.2, 0) is 17.4 Å². The van der Waals surface area contributed by atoms with Gasteiger partial charge in [-0.2, -0.15) is 0 Å². The zero-order valence-electron chi connectivity index (χ0n) is 11.3. The van der Waals surface area contributed by atoms with E-state index in [0.29, 0.717) is 0 Å². The van der Waals surface area contributed by atoms with Gasteiger partial charge in [0.05, 0.1) is 5.60 Å². The highest BCUT2D eigenvalue weighted by Gasteiger charge is 2.35. The third-order valence-electron chi connectivity index (χ3n) is 4.31. The van der Waals surface area contributed by atoms with Crippen LogP contribution in [0.25, 0.3) is 10.9 Å². The monoisotopic (exact) mass is 243 g/mol. The van der Waals surface area contributed by atoms with Gasteiger partial charge >= 0.3 is 0 Å². The van der Waals surface area contributed by atoms with Crippen LogP contribution in [0, 0.1) is 0 Å². The van der Waals surface area contributed by atoms with Crippen molar-refractivity contribution < 1.29 is 4.74 Å². The third-order valence-corrected chi connectivity index (χ3v) is 4.31. The summed E-state index contributed by atoms with van der Waals surface area (Å²) in [5, 5.41) is 1.35. The SMILES string of the molecule is CCC1(c2cn(C)c3ccccc23)CCCCO1. The molecule has 1 unspecified atom stereocenters. The lowest BCUT2D eigenvalue weighted by atomic mass is 9.84. The number of nitrogens with zero attached hydrogens (tertiary/aromatic N) is 1. The van der Waals surface area contributed by atoms with Gasteiger partial charge in [0.2, 0.25) is 0 Å². The molecular formula is C16H21NO. The van der Waals surface area contributed by atoms with Crippen molar-refractivity contribution in [3.05, 3.63) is 36.0 Å². The normalized spacial score (nSPS) is 24.6. The summed E-state index contributed by atoms with van der Waals surface area (Å²) in [4.78, 5) is 0. The van der Waals surface area contributed by atoms with Crippen LogP contribution in [-0.4, -0.2) is 11.2 Å². The van der Waals surface area contributed by atoms with Crippen LogP contribution in [0.4, 0.5) is 0 Å². The quantitative estimate of drug-likeness (QED) is 0.778. The summed E-state index contributed by atoms with van der Waals surface area (Å²) in [7, 11) is 2.12. The summed E-state index contributed by atoms with van der Waals surface area (Å²) >= 11 is 0. The van der Waals surface area contributed by atoms with Gasteiger partial charge in [-0.1, -0.05) is 25.1 Å². The molecule has 0 amide bonds. The Hall–Kier alpha value is -1.28. The van der Waals surface area contributed by atoms with E-state index in [1.54, 1.807) is 0 Å². The van der Waals surface area contributed by atoms with Crippen LogP contribution < -0.4 is 0 Å². The number of benzene rings is 1. The lowest BCUT2D eigenvalue weighted by Crippen LogP contribution is -2.32. The Morgan fingerprint density at radius 3 is 2.83 bits per heavy atom. The number of hydrogen-bond donors (Lipinski definition) is 0. The molecule has 0 bridgehead atoms. The molecule has 2 heteroatoms. The van der Waals surface area contributed by atoms with Gasteiger partial charge in [-0.15, -0.1) is 0 Å². The Labute approximate surface area is 109 Å². The van der Waals surface area contributed by atoms with E-state index in [4.69, 9.17) is 4.74 Å². The standard InChI is InChI=1S/C16H21NO/c1-3-16(10-6-7-11-18-16)14-12-17(2)15-9-5-4-8-13(14)15/h4-5,8-9,12H,3,6-7,10-11H2,1-2H3. The van der Waals surface area contributed by atoms with Crippen molar-refractivity contribution in [2.75, 3.05) is 6.61 Å². The number of hydrogen-bond acceptors (Lipinski definition) is 1. The van der Waals surface area contributed by atoms with Crippen LogP contribution in [0.5, 0.6) is 0 Å². The molecule has 2 aromatic rings. The summed E-state index contributed by atoms with van der Waals surface area (Å²) in [6.45, 7) is 3.14. The topological polar surface area (TPSA) is 14.2 Å². The van der Waals surface area contributed by atoms with E-state index in [1.807, 2.05) is 0 Å². The largest absolute Gasteiger partial charge is 0.370 e. The van der Waals surface area contributed by atoms with E-state index in [2.05, 4.69) is 49.0 Å². The smallest absolute Gasteiger partial charge is 0.0949 e. The molecule has 1 aromatic heterocycles. The first kappa shape index (κ1) is 11.8. The molecule has 3 rings (SSSR count). The van der Waals surface area contributed by atoms with Crippen LogP contribution in [0.2, 0.25) is 0 Å². The van der Waals surface area contributed by atoms with Crippen molar-refractivity contribution in [1.29, 1.82) is 0 Å². The minimum absolute atomic E-state index is 0.0564. The molecule has 0 spiro atoms. The molecule has 2 nitrogen and oxygen atoms in total. The molecule has 1 atom stereocenters. The molecule has 0 radical (unpaired) electrons. The average Bonchev–Trinajstić information content (AvgIpc) is 2.78. The van der Waals surface area contributed by atoms with Gasteiger partial charge in [0.1, 0.15) is 0 Å². The highest BCUT2D eigenvalue weighted by Crippen LogP contribution is 2.41. The zero-order valence-corrected chi connectivity index (χ0v) is 11.3. The molecule has 18 heavy (non-hydrogen) atoms. The fraction of sp³-hybridized carbons (Fsp3) is 0.500. The fourth-order valence-electron chi connectivity index (χ4n) is 3.24. The molecule has 0 N–H and O–H groups in total. The van der Waals surface area contributed by atoms with E-state index in [9.17, 15) is 0 Å². The second-order valence-corrected chi connectivity index (χ2v) is 5.32. The first-order chi connectivity index (χ1) is 8.77. The van der Waals surface area contributed by atoms with E-state index in [0.717, 1.165) is 19.4 Å². The lowest BCUT2D eigenvalue weighted by Gasteiger charge is -2.36. The maximum Gasteiger partial charge on any atom is 0.0949 e. The molecule has 2 heterocycles. The Balaban J connectivity index is 2.18. The molecule has 1 fully saturated rings. The summed E-state index contributed by atoms with van der Waals surface area (Å²) in [5.41, 5.74) is 2.62. The molecule has 0 saturated carbocycles. The lowest BCUT2D eigenvalue weighted by molar-refractivity contribution is -0.0855. The summed E-state index contributed by atoms with van der Waals surface area (Å²) < 4.78 is 8.43. The van der Waals surface area contributed by atoms with Gasteiger partial charge in [0.15, 0.2) is 0 Å². The van der Waals surface area contributed by atoms with Crippen molar-refractivity contribution >= 4 is 10.9 Å². The van der Waals surface area contributed by atoms with Crippen molar-refractivity contribution in [3.63, 3.8) is 0 Å². The fourth-order valence-corrected chi connectivity index (χ4v) is 3.24. The van der Waals surface area contributed by atoms with Crippen LogP contribution in [0.15, 0.2) is 30.5 Å². The Morgan fingerprint density at radius 2 is 2.11 bits per heavy atom. The predicted octanol–water partition coefficient (Wildman–Crippen LogP) is 3.98. The van der Waals surface area contributed by atoms with E-state index >= 15 is 0 Å². The number of para-hydroxylation sites is 1. The maximum atomic E-state index is 6.21. The summed E-state index contributed by atoms with van der Waals surface area (Å²) in [5.74, 6) is 0. The zero-order chi connectivity index (χ0) is 12.6. The molecular weight excluding hydrogens is 222 g/mol. The number of rotatable bonds is 2. The number of aromatic nitrogens is 1. The van der Waals surface area contributed by atoms with Gasteiger partial charge in [-0.25, -0.2) is 0 Å². The Morgan fingerprint density at radius 1 is 1.28 bits per heavy atom. The van der Waals surface area contributed by atoms with E-state index in [1.165, 1.54) is 29.3 Å². The van der Waals surface area contributed by atoms with Crippen molar-refractivity contribution in [2.45, 2.75) is 38.2 Å². The third kappa shape index (κ3) is 1.67. The minimum Gasteiger partial charge on any atom is -0.370 e. The first-order valence-corrected chi connectivity index (χ1v) is 6.95. The second-order valence-electron chi connectivity index (χ2n) is 5.32. The van der Waals surface area contributed by atoms with E-state index < -0.39 is 0 Å². The van der Waals surface area contributed by atoms with Gasteiger partial charge in [0, 0.05) is 36.3 Å². The summed E-state index contributed by atoms with van der Waals surface area (Å²) in [6.07, 6.45) is 6.95. The van der Waals surface area contributed by atoms with Gasteiger partial charge in [-0.3, -0.25) is 0 Å². The molecule has 0 aliphatic carbocycles. The molecule has 1 saturated heterocycles. The number of ether oxygens (including phenoxy) is 1. The average molecular weight is 243 g/mol. The maximum absolute atomic E-state index is 6.21. The predicted molar refractivity (Wildman–Crippen MR) is 74.7 cm³/mol. The van der Waals surface area contributed by atoms with Crippen molar-refractivity contribution in [1.82, 2.24) is 4.57 Å². The molecule has 1 aliphatic heterocycles. The van der Waals surface area contributed by atoms with Crippen molar-refractivity contribution in [2.24, 2.45) is 7.05 Å². The second kappa shape index (κ2) is 4.43. The molecule has 1 aromatic carbocycles. The van der Waals surface area contributed by atoms with E-state index in [-0.39, 0.29) is 5.60 Å². The first-order valence-electron chi connectivity index (χ1n) is 6.95. The van der Waals surface area contributed by atoms with Gasteiger partial charge < -0.3 is 9.30 Å². The molecule has 96 valence electrons. The highest BCUT2D eigenvalue weighted by molar-refractivity contribution is 5.84. The molecule has 1 aliphatic rings. The number of aryl methyl sites for hydroxylation is 1. The van der Waals surface area contributed by atoms with Crippen molar-refractivity contribution in [3.8, 4) is 0 Å². The number of fused-ring (bicyclic) bond motifs is 1.